The second kappa shape index (κ2) is 29.3. The Hall–Kier alpha value is -2.23. The van der Waals surface area contributed by atoms with Crippen molar-refractivity contribution in [1.29, 1.82) is 0 Å². The van der Waals surface area contributed by atoms with Gasteiger partial charge in [-0.1, -0.05) is 6.92 Å². The van der Waals surface area contributed by atoms with E-state index in [1.165, 1.54) is 13.8 Å². The number of likely N-dealkylation sites (tertiary alicyclic amines) is 1. The highest BCUT2D eigenvalue weighted by molar-refractivity contribution is 5.77. The van der Waals surface area contributed by atoms with Crippen LogP contribution < -0.4 is 10.6 Å². The van der Waals surface area contributed by atoms with Crippen molar-refractivity contribution < 1.29 is 88.0 Å². The van der Waals surface area contributed by atoms with Crippen molar-refractivity contribution in [1.82, 2.24) is 20.4 Å². The van der Waals surface area contributed by atoms with Crippen molar-refractivity contribution in [2.75, 3.05) is 112 Å². The molecule has 0 saturated carbocycles. The average molecular weight is 885 g/mol. The highest BCUT2D eigenvalue weighted by Gasteiger charge is 2.46. The molecule has 3 heterocycles. The number of nitrogens with one attached hydrogen (secondary N) is 2. The van der Waals surface area contributed by atoms with Gasteiger partial charge in [0.2, 0.25) is 17.7 Å². The number of aliphatic hydroxyl groups excluding tert-OH is 7. The van der Waals surface area contributed by atoms with E-state index in [-0.39, 0.29) is 64.1 Å². The summed E-state index contributed by atoms with van der Waals surface area (Å²) < 4.78 is 45.2. The average Bonchev–Trinajstić information content (AvgIpc) is 3.67. The van der Waals surface area contributed by atoms with Gasteiger partial charge in [0, 0.05) is 58.5 Å². The van der Waals surface area contributed by atoms with Gasteiger partial charge in [-0.25, -0.2) is 0 Å². The highest BCUT2D eigenvalue weighted by atomic mass is 16.7. The zero-order valence-corrected chi connectivity index (χ0v) is 35.8. The SMILES string of the molecule is CC[C@@H]1C[C@@H](CO)CN1C(=O)CCCN(CCOCCOCCOC1OC(CO)[C@H](O)[C@H](O)[C@@H]1NC(C)=O)CCOCCOCCO[C@@H]1OC(CO)C(O)[C@H](O)C1NC(C)=O. The van der Waals surface area contributed by atoms with Gasteiger partial charge in [-0.05, 0) is 25.8 Å². The molecular formula is C39H72N4O18. The Morgan fingerprint density at radius 2 is 1.08 bits per heavy atom. The molecule has 3 aliphatic rings. The standard InChI is InChI=1S/C39H72N4O18/c1-4-28-20-27(22-44)21-43(28)31(49)6-5-7-42(8-10-54-12-14-56-16-18-58-38-32(40-25(2)47)36(52)34(50)29(23-45)60-38)9-11-55-13-15-57-17-19-59-39-33(41-26(3)48)37(53)35(51)30(24-46)61-39/h27-30,32-39,44-46,50-53H,4-24H2,1-3H3,(H,40,47)(H,41,48)/t27-,28-,29?,30?,32+,33?,34+,35?,36-,37-,38?,39-/m1/s1. The molecule has 3 aliphatic heterocycles. The van der Waals surface area contributed by atoms with Crippen LogP contribution >= 0.6 is 0 Å². The number of amides is 3. The molecule has 22 heteroatoms. The maximum absolute atomic E-state index is 13.1. The van der Waals surface area contributed by atoms with Crippen molar-refractivity contribution >= 4 is 17.7 Å². The molecule has 3 rings (SSSR count). The van der Waals surface area contributed by atoms with E-state index in [0.29, 0.717) is 65.4 Å². The monoisotopic (exact) mass is 884 g/mol. The normalized spacial score (nSPS) is 30.5. The maximum Gasteiger partial charge on any atom is 0.222 e. The minimum Gasteiger partial charge on any atom is -0.396 e. The number of carbonyl (C=O) groups excluding carboxylic acids is 3. The van der Waals surface area contributed by atoms with E-state index >= 15 is 0 Å². The van der Waals surface area contributed by atoms with Gasteiger partial charge in [0.05, 0.1) is 79.3 Å². The summed E-state index contributed by atoms with van der Waals surface area (Å²) in [5.41, 5.74) is 0. The van der Waals surface area contributed by atoms with Crippen molar-refractivity contribution in [3.8, 4) is 0 Å². The molecule has 0 aromatic carbocycles. The van der Waals surface area contributed by atoms with Gasteiger partial charge >= 0.3 is 0 Å². The summed E-state index contributed by atoms with van der Waals surface area (Å²) in [6.07, 6.45) is -7.33. The Balaban J connectivity index is 1.35. The highest BCUT2D eigenvalue weighted by Crippen LogP contribution is 2.26. The van der Waals surface area contributed by atoms with Crippen LogP contribution in [0.25, 0.3) is 0 Å². The Labute approximate surface area is 357 Å². The summed E-state index contributed by atoms with van der Waals surface area (Å²) in [7, 11) is 0. The molecular weight excluding hydrogens is 812 g/mol. The second-order valence-electron chi connectivity index (χ2n) is 15.4. The fourth-order valence-electron chi connectivity index (χ4n) is 7.47. The lowest BCUT2D eigenvalue weighted by Crippen LogP contribution is -2.64. The lowest BCUT2D eigenvalue weighted by atomic mass is 9.97. The minimum absolute atomic E-state index is 0.0441. The molecule has 0 aromatic heterocycles. The van der Waals surface area contributed by atoms with Crippen molar-refractivity contribution in [2.45, 2.75) is 114 Å². The number of nitrogens with zero attached hydrogens (tertiary/aromatic N) is 2. The molecule has 12 atom stereocenters. The van der Waals surface area contributed by atoms with E-state index in [1.54, 1.807) is 0 Å². The van der Waals surface area contributed by atoms with Gasteiger partial charge in [0.1, 0.15) is 48.7 Å². The molecule has 0 radical (unpaired) electrons. The van der Waals surface area contributed by atoms with Crippen LogP contribution in [-0.2, 0) is 52.3 Å². The molecule has 356 valence electrons. The summed E-state index contributed by atoms with van der Waals surface area (Å²) >= 11 is 0. The van der Waals surface area contributed by atoms with Gasteiger partial charge in [-0.3, -0.25) is 19.3 Å². The third-order valence-electron chi connectivity index (χ3n) is 10.8. The maximum atomic E-state index is 13.1. The van der Waals surface area contributed by atoms with Gasteiger partial charge in [0.15, 0.2) is 12.6 Å². The largest absolute Gasteiger partial charge is 0.396 e. The van der Waals surface area contributed by atoms with E-state index in [0.717, 1.165) is 12.8 Å². The predicted octanol–water partition coefficient (Wildman–Crippen LogP) is -4.33. The van der Waals surface area contributed by atoms with Crippen LogP contribution in [-0.4, -0.2) is 243 Å². The fraction of sp³-hybridized carbons (Fsp3) is 0.923. The number of carbonyl (C=O) groups is 3. The first-order valence-electron chi connectivity index (χ1n) is 21.3. The number of hydrogen-bond acceptors (Lipinski definition) is 19. The Bertz CT molecular complexity index is 1180. The zero-order chi connectivity index (χ0) is 44.7. The van der Waals surface area contributed by atoms with E-state index in [1.807, 2.05) is 4.90 Å². The molecule has 3 saturated heterocycles. The smallest absolute Gasteiger partial charge is 0.222 e. The van der Waals surface area contributed by atoms with E-state index in [4.69, 9.17) is 37.9 Å². The topological polar surface area (TPSA) is 297 Å². The van der Waals surface area contributed by atoms with Crippen molar-refractivity contribution in [3.05, 3.63) is 0 Å². The van der Waals surface area contributed by atoms with Crippen LogP contribution in [0.5, 0.6) is 0 Å². The molecule has 5 unspecified atom stereocenters. The molecule has 0 aliphatic carbocycles. The number of ether oxygens (including phenoxy) is 8. The predicted molar refractivity (Wildman–Crippen MR) is 213 cm³/mol. The third-order valence-corrected chi connectivity index (χ3v) is 10.8. The molecule has 0 bridgehead atoms. The van der Waals surface area contributed by atoms with E-state index in [2.05, 4.69) is 22.5 Å². The van der Waals surface area contributed by atoms with E-state index < -0.39 is 86.3 Å². The summed E-state index contributed by atoms with van der Waals surface area (Å²) in [6, 6.07) is -1.93. The number of aliphatic hydroxyl groups is 7. The molecule has 3 amide bonds. The van der Waals surface area contributed by atoms with Gasteiger partial charge in [-0.15, -0.1) is 0 Å². The van der Waals surface area contributed by atoms with Gasteiger partial charge < -0.3 is 89.2 Å². The Morgan fingerprint density at radius 3 is 1.49 bits per heavy atom. The first-order chi connectivity index (χ1) is 29.3. The van der Waals surface area contributed by atoms with Crippen LogP contribution in [0, 0.1) is 5.92 Å². The molecule has 22 nitrogen and oxygen atoms in total. The first-order valence-corrected chi connectivity index (χ1v) is 21.3. The Kier molecular flexibility index (Phi) is 25.5. The van der Waals surface area contributed by atoms with Gasteiger partial charge in [0.25, 0.3) is 0 Å². The lowest BCUT2D eigenvalue weighted by Gasteiger charge is -2.42. The number of rotatable bonds is 30. The molecule has 9 N–H and O–H groups in total. The second-order valence-corrected chi connectivity index (χ2v) is 15.4. The zero-order valence-electron chi connectivity index (χ0n) is 35.8. The van der Waals surface area contributed by atoms with Gasteiger partial charge in [-0.2, -0.15) is 0 Å². The quantitative estimate of drug-likeness (QED) is 0.0308. The van der Waals surface area contributed by atoms with Crippen molar-refractivity contribution in [2.24, 2.45) is 5.92 Å². The van der Waals surface area contributed by atoms with E-state index in [9.17, 15) is 50.1 Å². The molecule has 0 spiro atoms. The molecule has 0 aromatic rings. The minimum atomic E-state index is -1.41. The van der Waals surface area contributed by atoms with Crippen LogP contribution in [0.1, 0.15) is 46.5 Å². The van der Waals surface area contributed by atoms with Crippen LogP contribution in [0.2, 0.25) is 0 Å². The molecule has 3 fully saturated rings. The summed E-state index contributed by atoms with van der Waals surface area (Å²) in [5.74, 6) is -0.701. The lowest BCUT2D eigenvalue weighted by molar-refractivity contribution is -0.272. The summed E-state index contributed by atoms with van der Waals surface area (Å²) in [5, 5.41) is 74.7. The Morgan fingerprint density at radius 1 is 0.639 bits per heavy atom. The third kappa shape index (κ3) is 18.1. The van der Waals surface area contributed by atoms with Crippen molar-refractivity contribution in [3.63, 3.8) is 0 Å². The summed E-state index contributed by atoms with van der Waals surface area (Å²) in [4.78, 5) is 40.4. The number of hydrogen-bond donors (Lipinski definition) is 9. The first kappa shape index (κ1) is 53.1. The van der Waals surface area contributed by atoms with Crippen LogP contribution in [0.3, 0.4) is 0 Å². The van der Waals surface area contributed by atoms with Crippen LogP contribution in [0.15, 0.2) is 0 Å². The van der Waals surface area contributed by atoms with Crippen LogP contribution in [0.4, 0.5) is 0 Å². The molecule has 61 heavy (non-hydrogen) atoms. The summed E-state index contributed by atoms with van der Waals surface area (Å²) in [6.45, 7) is 8.15. The fourth-order valence-corrected chi connectivity index (χ4v) is 7.47.